The molecule has 1 saturated heterocycles. The first-order chi connectivity index (χ1) is 10.1. The van der Waals surface area contributed by atoms with Crippen molar-refractivity contribution in [3.63, 3.8) is 0 Å². The number of halogens is 1. The molecule has 4 N–H and O–H groups in total. The molecule has 0 atom stereocenters. The van der Waals surface area contributed by atoms with E-state index in [-0.39, 0.29) is 29.2 Å². The van der Waals surface area contributed by atoms with Crippen LogP contribution >= 0.6 is 11.6 Å². The zero-order valence-electron chi connectivity index (χ0n) is 11.5. The van der Waals surface area contributed by atoms with Crippen LogP contribution in [0, 0.1) is 0 Å². The van der Waals surface area contributed by atoms with Crippen molar-refractivity contribution in [2.75, 3.05) is 25.0 Å². The first-order valence-electron chi connectivity index (χ1n) is 6.78. The number of ether oxygens (including phenoxy) is 1. The number of hydrogen-bond acceptors (Lipinski definition) is 4. The molecular weight excluding hydrogens is 294 g/mol. The fourth-order valence-corrected chi connectivity index (χ4v) is 2.42. The highest BCUT2D eigenvalue weighted by molar-refractivity contribution is 6.34. The van der Waals surface area contributed by atoms with Crippen LogP contribution in [0.3, 0.4) is 0 Å². The van der Waals surface area contributed by atoms with E-state index in [1.807, 2.05) is 0 Å². The molecule has 0 saturated carbocycles. The van der Waals surface area contributed by atoms with E-state index in [0.717, 1.165) is 25.9 Å². The highest BCUT2D eigenvalue weighted by Crippen LogP contribution is 2.20. The second-order valence-corrected chi connectivity index (χ2v) is 5.27. The summed E-state index contributed by atoms with van der Waals surface area (Å²) in [4.78, 5) is 22.9. The molecule has 1 aliphatic heterocycles. The van der Waals surface area contributed by atoms with E-state index in [2.05, 4.69) is 10.6 Å². The molecule has 0 spiro atoms. The SMILES string of the molecule is NC(=O)c1ccc(NC(=O)COC2CCNCC2)cc1Cl. The molecule has 6 nitrogen and oxygen atoms in total. The number of anilines is 1. The Bertz CT molecular complexity index is 530. The Balaban J connectivity index is 1.84. The van der Waals surface area contributed by atoms with E-state index >= 15 is 0 Å². The van der Waals surface area contributed by atoms with Crippen LogP contribution in [0.1, 0.15) is 23.2 Å². The van der Waals surface area contributed by atoms with E-state index in [9.17, 15) is 9.59 Å². The summed E-state index contributed by atoms with van der Waals surface area (Å²) in [5, 5.41) is 6.11. The minimum atomic E-state index is -0.605. The van der Waals surface area contributed by atoms with Crippen LogP contribution in [-0.2, 0) is 9.53 Å². The van der Waals surface area contributed by atoms with Crippen molar-refractivity contribution >= 4 is 29.1 Å². The van der Waals surface area contributed by atoms with Gasteiger partial charge in [-0.15, -0.1) is 0 Å². The molecule has 21 heavy (non-hydrogen) atoms. The second kappa shape index (κ2) is 7.40. The van der Waals surface area contributed by atoms with Crippen molar-refractivity contribution in [3.05, 3.63) is 28.8 Å². The third-order valence-corrected chi connectivity index (χ3v) is 3.57. The number of amides is 2. The molecule has 0 radical (unpaired) electrons. The summed E-state index contributed by atoms with van der Waals surface area (Å²) < 4.78 is 5.55. The monoisotopic (exact) mass is 311 g/mol. The van der Waals surface area contributed by atoms with Crippen LogP contribution in [0.25, 0.3) is 0 Å². The Kier molecular flexibility index (Phi) is 5.55. The predicted molar refractivity (Wildman–Crippen MR) is 80.4 cm³/mol. The molecule has 1 aliphatic rings. The smallest absolute Gasteiger partial charge is 0.250 e. The third kappa shape index (κ3) is 4.70. The highest BCUT2D eigenvalue weighted by Gasteiger charge is 2.15. The molecule has 7 heteroatoms. The van der Waals surface area contributed by atoms with Gasteiger partial charge in [-0.3, -0.25) is 9.59 Å². The zero-order valence-corrected chi connectivity index (χ0v) is 12.3. The van der Waals surface area contributed by atoms with Crippen LogP contribution in [0.2, 0.25) is 5.02 Å². The first-order valence-corrected chi connectivity index (χ1v) is 7.15. The molecule has 114 valence electrons. The van der Waals surface area contributed by atoms with Crippen LogP contribution < -0.4 is 16.4 Å². The number of nitrogens with one attached hydrogen (secondary N) is 2. The summed E-state index contributed by atoms with van der Waals surface area (Å²) in [5.41, 5.74) is 5.89. The standard InChI is InChI=1S/C14H18ClN3O3/c15-12-7-9(1-2-11(12)14(16)20)18-13(19)8-21-10-3-5-17-6-4-10/h1-2,7,10,17H,3-6,8H2,(H2,16,20)(H,18,19). The van der Waals surface area contributed by atoms with Gasteiger partial charge in [-0.2, -0.15) is 0 Å². The Labute approximate surface area is 128 Å². The Morgan fingerprint density at radius 3 is 2.71 bits per heavy atom. The lowest BCUT2D eigenvalue weighted by Gasteiger charge is -2.22. The molecule has 1 aromatic rings. The lowest BCUT2D eigenvalue weighted by Crippen LogP contribution is -2.34. The maximum atomic E-state index is 11.8. The molecular formula is C14H18ClN3O3. The summed E-state index contributed by atoms with van der Waals surface area (Å²) in [6.07, 6.45) is 1.94. The van der Waals surface area contributed by atoms with Gasteiger partial charge in [0, 0.05) is 5.69 Å². The number of primary amides is 1. The number of rotatable bonds is 5. The lowest BCUT2D eigenvalue weighted by molar-refractivity contribution is -0.123. The van der Waals surface area contributed by atoms with Crippen LogP contribution in [0.4, 0.5) is 5.69 Å². The summed E-state index contributed by atoms with van der Waals surface area (Å²) in [6.45, 7) is 1.83. The van der Waals surface area contributed by atoms with Gasteiger partial charge in [-0.05, 0) is 44.1 Å². The van der Waals surface area contributed by atoms with Crippen molar-refractivity contribution < 1.29 is 14.3 Å². The molecule has 0 unspecified atom stereocenters. The number of hydrogen-bond donors (Lipinski definition) is 3. The van der Waals surface area contributed by atoms with Gasteiger partial charge in [0.05, 0.1) is 16.7 Å². The molecule has 1 heterocycles. The van der Waals surface area contributed by atoms with Crippen molar-refractivity contribution in [3.8, 4) is 0 Å². The summed E-state index contributed by atoms with van der Waals surface area (Å²) in [5.74, 6) is -0.858. The molecule has 0 bridgehead atoms. The van der Waals surface area contributed by atoms with Crippen LogP contribution in [0.5, 0.6) is 0 Å². The average molecular weight is 312 g/mol. The van der Waals surface area contributed by atoms with Gasteiger partial charge < -0.3 is 21.1 Å². The zero-order chi connectivity index (χ0) is 15.2. The highest BCUT2D eigenvalue weighted by atomic mass is 35.5. The van der Waals surface area contributed by atoms with Crippen LogP contribution in [0.15, 0.2) is 18.2 Å². The average Bonchev–Trinajstić information content (AvgIpc) is 2.46. The van der Waals surface area contributed by atoms with E-state index in [1.54, 1.807) is 6.07 Å². The number of benzene rings is 1. The van der Waals surface area contributed by atoms with Gasteiger partial charge in [-0.25, -0.2) is 0 Å². The summed E-state index contributed by atoms with van der Waals surface area (Å²) in [6, 6.07) is 4.55. The Hall–Kier alpha value is -1.63. The quantitative estimate of drug-likeness (QED) is 0.760. The number of nitrogens with two attached hydrogens (primary N) is 1. The maximum absolute atomic E-state index is 11.8. The molecule has 1 aromatic carbocycles. The van der Waals surface area contributed by atoms with E-state index in [0.29, 0.717) is 5.69 Å². The minimum absolute atomic E-state index is 0.000142. The number of carbonyl (C=O) groups is 2. The molecule has 0 aromatic heterocycles. The van der Waals surface area contributed by atoms with Gasteiger partial charge >= 0.3 is 0 Å². The fourth-order valence-electron chi connectivity index (χ4n) is 2.15. The van der Waals surface area contributed by atoms with Gasteiger partial charge in [-0.1, -0.05) is 11.6 Å². The molecule has 2 rings (SSSR count). The van der Waals surface area contributed by atoms with Crippen molar-refractivity contribution in [1.29, 1.82) is 0 Å². The van der Waals surface area contributed by atoms with Crippen LogP contribution in [-0.4, -0.2) is 37.6 Å². The van der Waals surface area contributed by atoms with Gasteiger partial charge in [0.15, 0.2) is 0 Å². The normalized spacial score (nSPS) is 15.7. The van der Waals surface area contributed by atoms with Crippen molar-refractivity contribution in [2.24, 2.45) is 5.73 Å². The Morgan fingerprint density at radius 1 is 1.38 bits per heavy atom. The predicted octanol–water partition coefficient (Wildman–Crippen LogP) is 1.15. The maximum Gasteiger partial charge on any atom is 0.250 e. The third-order valence-electron chi connectivity index (χ3n) is 3.25. The second-order valence-electron chi connectivity index (χ2n) is 4.87. The number of carbonyl (C=O) groups excluding carboxylic acids is 2. The Morgan fingerprint density at radius 2 is 2.10 bits per heavy atom. The lowest BCUT2D eigenvalue weighted by atomic mass is 10.1. The van der Waals surface area contributed by atoms with Crippen molar-refractivity contribution in [1.82, 2.24) is 5.32 Å². The topological polar surface area (TPSA) is 93.5 Å². The molecule has 0 aliphatic carbocycles. The number of piperidine rings is 1. The minimum Gasteiger partial charge on any atom is -0.368 e. The van der Waals surface area contributed by atoms with E-state index < -0.39 is 5.91 Å². The first kappa shape index (κ1) is 15.8. The van der Waals surface area contributed by atoms with Crippen molar-refractivity contribution in [2.45, 2.75) is 18.9 Å². The summed E-state index contributed by atoms with van der Waals surface area (Å²) in [7, 11) is 0. The fraction of sp³-hybridized carbons (Fsp3) is 0.429. The largest absolute Gasteiger partial charge is 0.368 e. The summed E-state index contributed by atoms with van der Waals surface area (Å²) >= 11 is 5.92. The molecule has 1 fully saturated rings. The van der Waals surface area contributed by atoms with Gasteiger partial charge in [0.1, 0.15) is 6.61 Å². The van der Waals surface area contributed by atoms with Gasteiger partial charge in [0.25, 0.3) is 0 Å². The molecule has 2 amide bonds. The van der Waals surface area contributed by atoms with Gasteiger partial charge in [0.2, 0.25) is 11.8 Å². The van der Waals surface area contributed by atoms with E-state index in [4.69, 9.17) is 22.1 Å². The van der Waals surface area contributed by atoms with E-state index in [1.165, 1.54) is 12.1 Å².